The molecule has 0 radical (unpaired) electrons. The Morgan fingerprint density at radius 1 is 1.12 bits per heavy atom. The molecule has 2 atom stereocenters. The fourth-order valence-electron chi connectivity index (χ4n) is 2.59. The Bertz CT molecular complexity index is 815. The van der Waals surface area contributed by atoms with Gasteiger partial charge in [0.1, 0.15) is 30.4 Å². The summed E-state index contributed by atoms with van der Waals surface area (Å²) in [6.07, 6.45) is -1.42. The fourth-order valence-corrected chi connectivity index (χ4v) is 2.95. The van der Waals surface area contributed by atoms with Crippen LogP contribution >= 0.6 is 22.6 Å². The summed E-state index contributed by atoms with van der Waals surface area (Å²) in [6, 6.07) is 15.3. The summed E-state index contributed by atoms with van der Waals surface area (Å²) in [6.45, 7) is 2.16. The Balaban J connectivity index is 1.73. The van der Waals surface area contributed by atoms with Crippen LogP contribution in [0.1, 0.15) is 18.9 Å². The zero-order chi connectivity index (χ0) is 17.1. The normalized spacial score (nSPS) is 13.8. The zero-order valence-corrected chi connectivity index (χ0v) is 15.4. The number of ether oxygens (including phenoxy) is 1. The van der Waals surface area contributed by atoms with Crippen LogP contribution in [0, 0.1) is 3.57 Å². The van der Waals surface area contributed by atoms with Gasteiger partial charge >= 0.3 is 0 Å². The minimum absolute atomic E-state index is 0.173. The van der Waals surface area contributed by atoms with Crippen molar-refractivity contribution in [2.24, 2.45) is 0 Å². The topological polar surface area (TPSA) is 67.5 Å². The lowest BCUT2D eigenvalue weighted by Gasteiger charge is -2.16. The molecule has 0 saturated heterocycles. The molecule has 0 bridgehead atoms. The van der Waals surface area contributed by atoms with Gasteiger partial charge in [0.2, 0.25) is 0 Å². The van der Waals surface area contributed by atoms with E-state index in [9.17, 15) is 10.2 Å². The highest BCUT2D eigenvalue weighted by atomic mass is 127. The molecule has 5 nitrogen and oxygen atoms in total. The van der Waals surface area contributed by atoms with Crippen molar-refractivity contribution in [3.8, 4) is 5.75 Å². The summed E-state index contributed by atoms with van der Waals surface area (Å²) in [7, 11) is 0. The van der Waals surface area contributed by atoms with Gasteiger partial charge in [-0.1, -0.05) is 12.1 Å². The third kappa shape index (κ3) is 3.88. The summed E-state index contributed by atoms with van der Waals surface area (Å²) in [5, 5.41) is 20.3. The second-order valence-electron chi connectivity index (χ2n) is 5.66. The number of aliphatic hydroxyl groups excluding tert-OH is 2. The van der Waals surface area contributed by atoms with Gasteiger partial charge in [-0.15, -0.1) is 0 Å². The molecule has 0 aliphatic heterocycles. The molecule has 0 fully saturated rings. The van der Waals surface area contributed by atoms with Gasteiger partial charge in [-0.2, -0.15) is 0 Å². The molecule has 126 valence electrons. The van der Waals surface area contributed by atoms with Crippen molar-refractivity contribution in [3.63, 3.8) is 0 Å². The van der Waals surface area contributed by atoms with E-state index in [0.717, 1.165) is 20.4 Å². The molecule has 0 aliphatic carbocycles. The third-order valence-electron chi connectivity index (χ3n) is 3.71. The maximum atomic E-state index is 10.3. The van der Waals surface area contributed by atoms with E-state index in [0.29, 0.717) is 12.4 Å². The molecule has 2 N–H and O–H groups in total. The molecule has 0 spiro atoms. The summed E-state index contributed by atoms with van der Waals surface area (Å²) in [4.78, 5) is 4.45. The average molecular weight is 438 g/mol. The van der Waals surface area contributed by atoms with Crippen LogP contribution in [-0.2, 0) is 6.54 Å². The van der Waals surface area contributed by atoms with Crippen LogP contribution in [-0.4, -0.2) is 32.5 Å². The molecule has 24 heavy (non-hydrogen) atoms. The number of para-hydroxylation sites is 2. The van der Waals surface area contributed by atoms with Crippen LogP contribution in [0.5, 0.6) is 5.75 Å². The second-order valence-corrected chi connectivity index (χ2v) is 6.91. The first kappa shape index (κ1) is 17.2. The number of nitrogens with zero attached hydrogens (tertiary/aromatic N) is 2. The van der Waals surface area contributed by atoms with E-state index < -0.39 is 12.2 Å². The van der Waals surface area contributed by atoms with E-state index in [1.807, 2.05) is 53.1 Å². The largest absolute Gasteiger partial charge is 0.491 e. The minimum atomic E-state index is -0.709. The minimum Gasteiger partial charge on any atom is -0.491 e. The van der Waals surface area contributed by atoms with Gasteiger partial charge in [0.15, 0.2) is 0 Å². The lowest BCUT2D eigenvalue weighted by Crippen LogP contribution is -2.25. The lowest BCUT2D eigenvalue weighted by molar-refractivity contribution is 0.0895. The Morgan fingerprint density at radius 3 is 2.54 bits per heavy atom. The van der Waals surface area contributed by atoms with E-state index in [2.05, 4.69) is 27.6 Å². The fraction of sp³-hybridized carbons (Fsp3) is 0.278. The predicted molar refractivity (Wildman–Crippen MR) is 101 cm³/mol. The number of imidazole rings is 1. The number of hydrogen-bond acceptors (Lipinski definition) is 4. The van der Waals surface area contributed by atoms with Crippen LogP contribution in [0.2, 0.25) is 0 Å². The summed E-state index contributed by atoms with van der Waals surface area (Å²) in [5.74, 6) is 1.27. The van der Waals surface area contributed by atoms with Crippen molar-refractivity contribution in [2.75, 3.05) is 6.61 Å². The summed E-state index contributed by atoms with van der Waals surface area (Å²) < 4.78 is 8.62. The first-order valence-electron chi connectivity index (χ1n) is 7.74. The molecular weight excluding hydrogens is 419 g/mol. The van der Waals surface area contributed by atoms with Crippen molar-refractivity contribution in [3.05, 3.63) is 57.9 Å². The summed E-state index contributed by atoms with van der Waals surface area (Å²) in [5.41, 5.74) is 1.70. The Morgan fingerprint density at radius 2 is 1.83 bits per heavy atom. The first-order valence-corrected chi connectivity index (χ1v) is 8.82. The van der Waals surface area contributed by atoms with Gasteiger partial charge in [-0.05, 0) is 65.9 Å². The van der Waals surface area contributed by atoms with Gasteiger partial charge in [0, 0.05) is 3.57 Å². The first-order chi connectivity index (χ1) is 11.5. The SMILES string of the molecule is CC(O)c1nc2ccccc2n1CC(O)COc1ccc(I)cc1. The van der Waals surface area contributed by atoms with Crippen LogP contribution in [0.25, 0.3) is 11.0 Å². The van der Waals surface area contributed by atoms with Crippen molar-refractivity contribution in [2.45, 2.75) is 25.7 Å². The van der Waals surface area contributed by atoms with Gasteiger partial charge in [0.25, 0.3) is 0 Å². The van der Waals surface area contributed by atoms with Gasteiger partial charge in [0.05, 0.1) is 17.6 Å². The van der Waals surface area contributed by atoms with E-state index in [-0.39, 0.29) is 6.61 Å². The number of hydrogen-bond donors (Lipinski definition) is 2. The van der Waals surface area contributed by atoms with Crippen molar-refractivity contribution < 1.29 is 14.9 Å². The monoisotopic (exact) mass is 438 g/mol. The number of aliphatic hydroxyl groups is 2. The maximum absolute atomic E-state index is 10.3. The van der Waals surface area contributed by atoms with E-state index in [4.69, 9.17) is 4.74 Å². The Labute approximate surface area is 154 Å². The lowest BCUT2D eigenvalue weighted by atomic mass is 10.3. The quantitative estimate of drug-likeness (QED) is 0.581. The highest BCUT2D eigenvalue weighted by Crippen LogP contribution is 2.21. The average Bonchev–Trinajstić information content (AvgIpc) is 2.93. The van der Waals surface area contributed by atoms with E-state index in [1.54, 1.807) is 6.92 Å². The number of rotatable bonds is 6. The molecule has 1 aromatic heterocycles. The van der Waals surface area contributed by atoms with Crippen molar-refractivity contribution in [1.82, 2.24) is 9.55 Å². The number of fused-ring (bicyclic) bond motifs is 1. The predicted octanol–water partition coefficient (Wildman–Crippen LogP) is 3.13. The van der Waals surface area contributed by atoms with Gasteiger partial charge in [-0.25, -0.2) is 4.98 Å². The third-order valence-corrected chi connectivity index (χ3v) is 4.43. The highest BCUT2D eigenvalue weighted by molar-refractivity contribution is 14.1. The summed E-state index contributed by atoms with van der Waals surface area (Å²) >= 11 is 2.23. The van der Waals surface area contributed by atoms with E-state index in [1.165, 1.54) is 0 Å². The van der Waals surface area contributed by atoms with Crippen LogP contribution in [0.15, 0.2) is 48.5 Å². The zero-order valence-electron chi connectivity index (χ0n) is 13.3. The molecule has 6 heteroatoms. The Hall–Kier alpha value is -1.64. The molecule has 3 aromatic rings. The molecule has 3 rings (SSSR count). The molecule has 2 aromatic carbocycles. The molecule has 1 heterocycles. The van der Waals surface area contributed by atoms with Crippen molar-refractivity contribution in [1.29, 1.82) is 0 Å². The number of halogens is 1. The molecule has 0 saturated carbocycles. The number of benzene rings is 2. The van der Waals surface area contributed by atoms with Gasteiger partial charge in [-0.3, -0.25) is 0 Å². The molecule has 0 amide bonds. The van der Waals surface area contributed by atoms with Crippen molar-refractivity contribution >= 4 is 33.6 Å². The van der Waals surface area contributed by atoms with Crippen LogP contribution in [0.4, 0.5) is 0 Å². The van der Waals surface area contributed by atoms with E-state index >= 15 is 0 Å². The highest BCUT2D eigenvalue weighted by Gasteiger charge is 2.17. The second kappa shape index (κ2) is 7.50. The van der Waals surface area contributed by atoms with Gasteiger partial charge < -0.3 is 19.5 Å². The Kier molecular flexibility index (Phi) is 5.37. The number of aromatic nitrogens is 2. The molecular formula is C18H19IN2O3. The maximum Gasteiger partial charge on any atom is 0.138 e. The molecule has 2 unspecified atom stereocenters. The molecule has 0 aliphatic rings. The standard InChI is InChI=1S/C18H19IN2O3/c1-12(22)18-20-16-4-2-3-5-17(16)21(18)10-14(23)11-24-15-8-6-13(19)7-9-15/h2-9,12,14,22-23H,10-11H2,1H3. The smallest absolute Gasteiger partial charge is 0.138 e. The van der Waals surface area contributed by atoms with Crippen LogP contribution < -0.4 is 4.74 Å². The van der Waals surface area contributed by atoms with Crippen LogP contribution in [0.3, 0.4) is 0 Å².